The number of carbonyl (C=O) groups is 1. The Balaban J connectivity index is 1.75. The molecule has 3 aromatic rings. The fraction of sp³-hybridized carbons (Fsp3) is 0.0500. The van der Waals surface area contributed by atoms with Crippen LogP contribution in [-0.2, 0) is 11.3 Å². The zero-order valence-electron chi connectivity index (χ0n) is 14.5. The van der Waals surface area contributed by atoms with Gasteiger partial charge in [-0.05, 0) is 23.8 Å². The van der Waals surface area contributed by atoms with Crippen LogP contribution in [0.15, 0.2) is 70.9 Å². The highest BCUT2D eigenvalue weighted by atomic mass is 16.6. The van der Waals surface area contributed by atoms with Gasteiger partial charge in [0.2, 0.25) is 0 Å². The van der Waals surface area contributed by atoms with E-state index in [4.69, 9.17) is 4.42 Å². The lowest BCUT2D eigenvalue weighted by Crippen LogP contribution is -2.23. The highest BCUT2D eigenvalue weighted by molar-refractivity contribution is 6.01. The van der Waals surface area contributed by atoms with Gasteiger partial charge in [-0.3, -0.25) is 19.9 Å². The normalized spacial score (nSPS) is 10.9. The fourth-order valence-electron chi connectivity index (χ4n) is 2.43. The quantitative estimate of drug-likeness (QED) is 0.305. The summed E-state index contributed by atoms with van der Waals surface area (Å²) in [6.45, 7) is 0.239. The number of benzene rings is 1. The Kier molecular flexibility index (Phi) is 5.58. The molecule has 1 N–H and O–H groups in total. The number of non-ortho nitro benzene ring substituents is 1. The number of carbonyl (C=O) groups excluding carboxylic acids is 1. The number of hydrogen-bond donors (Lipinski definition) is 1. The first-order valence-electron chi connectivity index (χ1n) is 8.20. The summed E-state index contributed by atoms with van der Waals surface area (Å²) < 4.78 is 5.61. The first-order valence-corrected chi connectivity index (χ1v) is 8.20. The molecule has 0 bridgehead atoms. The molecule has 0 saturated heterocycles. The molecule has 8 nitrogen and oxygen atoms in total. The summed E-state index contributed by atoms with van der Waals surface area (Å²) in [4.78, 5) is 26.6. The van der Waals surface area contributed by atoms with Crippen molar-refractivity contribution in [2.24, 2.45) is 0 Å². The highest BCUT2D eigenvalue weighted by Gasteiger charge is 2.12. The van der Waals surface area contributed by atoms with E-state index in [0.29, 0.717) is 11.3 Å². The molecule has 2 heterocycles. The Labute approximate surface area is 159 Å². The Morgan fingerprint density at radius 3 is 2.86 bits per heavy atom. The van der Waals surface area contributed by atoms with Gasteiger partial charge in [0.1, 0.15) is 23.2 Å². The smallest absolute Gasteiger partial charge is 0.270 e. The molecule has 0 spiro atoms. The van der Waals surface area contributed by atoms with Gasteiger partial charge in [0.05, 0.1) is 4.92 Å². The highest BCUT2D eigenvalue weighted by Crippen LogP contribution is 2.26. The lowest BCUT2D eigenvalue weighted by atomic mass is 10.1. The molecule has 1 aromatic carbocycles. The second kappa shape index (κ2) is 8.42. The predicted molar refractivity (Wildman–Crippen MR) is 100 cm³/mol. The van der Waals surface area contributed by atoms with Crippen molar-refractivity contribution in [1.82, 2.24) is 10.3 Å². The Bertz CT molecular complexity index is 1080. The van der Waals surface area contributed by atoms with Gasteiger partial charge in [-0.1, -0.05) is 18.2 Å². The van der Waals surface area contributed by atoms with Crippen LogP contribution in [0.2, 0.25) is 0 Å². The van der Waals surface area contributed by atoms with Crippen molar-refractivity contribution in [3.8, 4) is 17.4 Å². The molecule has 0 atom stereocenters. The van der Waals surface area contributed by atoms with Crippen molar-refractivity contribution in [1.29, 1.82) is 5.26 Å². The molecule has 0 radical (unpaired) electrons. The minimum Gasteiger partial charge on any atom is -0.457 e. The SMILES string of the molecule is N#CC(=Cc1ccc(-c2cccc([N+](=O)[O-])c2)o1)C(=O)NCc1cccnc1. The maximum atomic E-state index is 12.2. The number of rotatable bonds is 6. The first kappa shape index (κ1) is 18.5. The van der Waals surface area contributed by atoms with Crippen molar-refractivity contribution < 1.29 is 14.1 Å². The van der Waals surface area contributed by atoms with Crippen molar-refractivity contribution >= 4 is 17.7 Å². The monoisotopic (exact) mass is 374 g/mol. The zero-order chi connectivity index (χ0) is 19.9. The standard InChI is InChI=1S/C20H14N4O4/c21-11-16(20(25)23-13-14-3-2-8-22-12-14)10-18-6-7-19(28-18)15-4-1-5-17(9-15)24(26)27/h1-10,12H,13H2,(H,23,25). The lowest BCUT2D eigenvalue weighted by Gasteiger charge is -2.03. The van der Waals surface area contributed by atoms with Gasteiger partial charge in [-0.15, -0.1) is 0 Å². The molecule has 0 unspecified atom stereocenters. The number of nitro groups is 1. The number of nitrogens with one attached hydrogen (secondary N) is 1. The van der Waals surface area contributed by atoms with Crippen LogP contribution in [0.1, 0.15) is 11.3 Å². The second-order valence-corrected chi connectivity index (χ2v) is 5.72. The van der Waals surface area contributed by atoms with Crippen LogP contribution in [0.4, 0.5) is 5.69 Å². The Hall–Kier alpha value is -4.25. The molecule has 0 aliphatic heterocycles. The summed E-state index contributed by atoms with van der Waals surface area (Å²) in [5, 5.41) is 22.8. The van der Waals surface area contributed by atoms with E-state index in [-0.39, 0.29) is 23.6 Å². The zero-order valence-corrected chi connectivity index (χ0v) is 14.5. The molecule has 0 saturated carbocycles. The van der Waals surface area contributed by atoms with E-state index in [1.807, 2.05) is 6.07 Å². The summed E-state index contributed by atoms with van der Waals surface area (Å²) in [6, 6.07) is 14.6. The number of furan rings is 1. The van der Waals surface area contributed by atoms with E-state index < -0.39 is 10.8 Å². The number of hydrogen-bond acceptors (Lipinski definition) is 6. The summed E-state index contributed by atoms with van der Waals surface area (Å²) >= 11 is 0. The molecule has 0 aliphatic rings. The van der Waals surface area contributed by atoms with Gasteiger partial charge in [-0.25, -0.2) is 0 Å². The first-order chi connectivity index (χ1) is 13.6. The minimum absolute atomic E-state index is 0.0570. The second-order valence-electron chi connectivity index (χ2n) is 5.72. The maximum Gasteiger partial charge on any atom is 0.270 e. The van der Waals surface area contributed by atoms with E-state index in [0.717, 1.165) is 5.56 Å². The van der Waals surface area contributed by atoms with Gasteiger partial charge < -0.3 is 9.73 Å². The van der Waals surface area contributed by atoms with Crippen LogP contribution in [-0.4, -0.2) is 15.8 Å². The van der Waals surface area contributed by atoms with Gasteiger partial charge in [0, 0.05) is 42.7 Å². The number of aromatic nitrogens is 1. The number of nitriles is 1. The molecular formula is C20H14N4O4. The average Bonchev–Trinajstić information content (AvgIpc) is 3.20. The van der Waals surface area contributed by atoms with E-state index in [1.54, 1.807) is 48.8 Å². The average molecular weight is 374 g/mol. The van der Waals surface area contributed by atoms with Crippen LogP contribution in [0.25, 0.3) is 17.4 Å². The van der Waals surface area contributed by atoms with Crippen LogP contribution in [0.5, 0.6) is 0 Å². The van der Waals surface area contributed by atoms with Crippen LogP contribution in [0.3, 0.4) is 0 Å². The van der Waals surface area contributed by atoms with E-state index in [2.05, 4.69) is 10.3 Å². The third-order valence-corrected chi connectivity index (χ3v) is 3.80. The fourth-order valence-corrected chi connectivity index (χ4v) is 2.43. The molecule has 0 fully saturated rings. The van der Waals surface area contributed by atoms with Crippen LogP contribution >= 0.6 is 0 Å². The largest absolute Gasteiger partial charge is 0.457 e. The van der Waals surface area contributed by atoms with Gasteiger partial charge in [-0.2, -0.15) is 5.26 Å². The molecule has 1 amide bonds. The predicted octanol–water partition coefficient (Wildman–Crippen LogP) is 3.47. The third kappa shape index (κ3) is 4.47. The van der Waals surface area contributed by atoms with Crippen LogP contribution < -0.4 is 5.32 Å². The molecule has 28 heavy (non-hydrogen) atoms. The molecule has 0 aliphatic carbocycles. The Morgan fingerprint density at radius 2 is 2.14 bits per heavy atom. The number of pyridine rings is 1. The van der Waals surface area contributed by atoms with Crippen LogP contribution in [0, 0.1) is 21.4 Å². The van der Waals surface area contributed by atoms with E-state index in [1.165, 1.54) is 18.2 Å². The van der Waals surface area contributed by atoms with Gasteiger partial charge >= 0.3 is 0 Å². The molecule has 8 heteroatoms. The molecular weight excluding hydrogens is 360 g/mol. The summed E-state index contributed by atoms with van der Waals surface area (Å²) in [6.07, 6.45) is 4.56. The molecule has 3 rings (SSSR count). The van der Waals surface area contributed by atoms with E-state index >= 15 is 0 Å². The lowest BCUT2D eigenvalue weighted by molar-refractivity contribution is -0.384. The minimum atomic E-state index is -0.542. The maximum absolute atomic E-state index is 12.2. The summed E-state index contributed by atoms with van der Waals surface area (Å²) in [5.41, 5.74) is 1.15. The number of amides is 1. The summed E-state index contributed by atoms with van der Waals surface area (Å²) in [7, 11) is 0. The van der Waals surface area contributed by atoms with Crippen molar-refractivity contribution in [2.45, 2.75) is 6.54 Å². The summed E-state index contributed by atoms with van der Waals surface area (Å²) in [5.74, 6) is 0.136. The van der Waals surface area contributed by atoms with Crippen molar-refractivity contribution in [2.75, 3.05) is 0 Å². The van der Waals surface area contributed by atoms with Crippen molar-refractivity contribution in [3.63, 3.8) is 0 Å². The third-order valence-electron chi connectivity index (χ3n) is 3.80. The number of nitrogens with zero attached hydrogens (tertiary/aromatic N) is 3. The molecule has 138 valence electrons. The molecule has 2 aromatic heterocycles. The van der Waals surface area contributed by atoms with E-state index in [9.17, 15) is 20.2 Å². The Morgan fingerprint density at radius 1 is 1.29 bits per heavy atom. The van der Waals surface area contributed by atoms with Crippen molar-refractivity contribution in [3.05, 3.63) is 87.9 Å². The van der Waals surface area contributed by atoms with Gasteiger partial charge in [0.15, 0.2) is 0 Å². The topological polar surface area (TPSA) is 122 Å². The number of nitro benzene ring substituents is 1. The van der Waals surface area contributed by atoms with Gasteiger partial charge in [0.25, 0.3) is 11.6 Å².